The maximum absolute atomic E-state index is 14.6. The van der Waals surface area contributed by atoms with Gasteiger partial charge in [-0.05, 0) is 41.0 Å². The number of hydrogen-bond acceptors (Lipinski definition) is 4. The lowest BCUT2D eigenvalue weighted by Crippen LogP contribution is -2.48. The Morgan fingerprint density at radius 3 is 2.00 bits per heavy atom. The fourth-order valence-electron chi connectivity index (χ4n) is 6.23. The fraction of sp³-hybridized carbons (Fsp3) is 0.156. The van der Waals surface area contributed by atoms with Gasteiger partial charge in [0, 0.05) is 40.9 Å². The van der Waals surface area contributed by atoms with E-state index in [-0.39, 0.29) is 29.1 Å². The third-order valence-electron chi connectivity index (χ3n) is 7.87. The first kappa shape index (κ1) is 24.1. The average Bonchev–Trinajstić information content (AvgIpc) is 3.16. The minimum Gasteiger partial charge on any atom is -0.376 e. The number of Topliss-reactive ketones (excluding diaryl/α,β-unsaturated/α-hetero) is 3. The Morgan fingerprint density at radius 1 is 0.763 bits per heavy atom. The Labute approximate surface area is 217 Å². The van der Waals surface area contributed by atoms with Gasteiger partial charge in [-0.15, -0.1) is 0 Å². The van der Waals surface area contributed by atoms with Crippen molar-refractivity contribution in [2.45, 2.75) is 23.9 Å². The Balaban J connectivity index is 1.61. The second-order valence-corrected chi connectivity index (χ2v) is 9.89. The van der Waals surface area contributed by atoms with Crippen molar-refractivity contribution in [1.82, 2.24) is 0 Å². The zero-order chi connectivity index (χ0) is 26.6. The first-order chi connectivity index (χ1) is 18.3. The lowest BCUT2D eigenvalue weighted by molar-refractivity contribution is -0.00178. The van der Waals surface area contributed by atoms with Crippen molar-refractivity contribution in [2.75, 3.05) is 0 Å². The number of fused-ring (bicyclic) bond motifs is 5. The van der Waals surface area contributed by atoms with Crippen LogP contribution in [-0.2, 0) is 5.60 Å². The van der Waals surface area contributed by atoms with Crippen LogP contribution in [0.1, 0.15) is 66.0 Å². The predicted octanol–water partition coefficient (Wildman–Crippen LogP) is 6.00. The summed E-state index contributed by atoms with van der Waals surface area (Å²) < 4.78 is 28.9. The molecular weight excluding hydrogens is 486 g/mol. The van der Waals surface area contributed by atoms with Crippen LogP contribution in [0.5, 0.6) is 0 Å². The summed E-state index contributed by atoms with van der Waals surface area (Å²) >= 11 is 0. The van der Waals surface area contributed by atoms with E-state index in [4.69, 9.17) is 0 Å². The first-order valence-electron chi connectivity index (χ1n) is 12.3. The Morgan fingerprint density at radius 2 is 1.34 bits per heavy atom. The van der Waals surface area contributed by atoms with E-state index in [1.165, 1.54) is 24.3 Å². The lowest BCUT2D eigenvalue weighted by atomic mass is 9.58. The van der Waals surface area contributed by atoms with E-state index < -0.39 is 40.8 Å². The third kappa shape index (κ3) is 3.56. The molecule has 0 aliphatic heterocycles. The van der Waals surface area contributed by atoms with E-state index in [0.29, 0.717) is 22.3 Å². The predicted molar refractivity (Wildman–Crippen MR) is 136 cm³/mol. The van der Waals surface area contributed by atoms with Crippen molar-refractivity contribution >= 4 is 17.3 Å². The van der Waals surface area contributed by atoms with Gasteiger partial charge >= 0.3 is 0 Å². The molecule has 0 heterocycles. The van der Waals surface area contributed by atoms with Gasteiger partial charge in [-0.1, -0.05) is 72.8 Å². The Bertz CT molecular complexity index is 1600. The highest BCUT2D eigenvalue weighted by Gasteiger charge is 2.63. The maximum Gasteiger partial charge on any atom is 0.199 e. The molecule has 0 radical (unpaired) electrons. The van der Waals surface area contributed by atoms with E-state index >= 15 is 0 Å². The molecule has 4 atom stereocenters. The normalized spacial score (nSPS) is 23.3. The van der Waals surface area contributed by atoms with Crippen molar-refractivity contribution < 1.29 is 28.3 Å². The molecule has 4 aromatic carbocycles. The quantitative estimate of drug-likeness (QED) is 0.336. The molecule has 6 heteroatoms. The molecular formula is C32H22F2O4. The van der Waals surface area contributed by atoms with Crippen LogP contribution in [0.3, 0.4) is 0 Å². The molecule has 4 nitrogen and oxygen atoms in total. The number of carbonyl (C=O) groups excluding carboxylic acids is 3. The van der Waals surface area contributed by atoms with Crippen LogP contribution >= 0.6 is 0 Å². The standard InChI is InChI=1S/C32H22F2O4/c33-20-12-14-23-25(15-20)31(37)32(38)26-16-21(34)11-13-22(26)24(17-27(35)18-7-3-1-4-8-18)28(29(23)32)30(36)19-9-5-2-6-10-19/h1-16,24,28-29,38H,17H2/t24-,28+,29-,32-/m1/s1. The number of hydrogen-bond donors (Lipinski definition) is 1. The van der Waals surface area contributed by atoms with Gasteiger partial charge in [0.2, 0.25) is 0 Å². The van der Waals surface area contributed by atoms with Gasteiger partial charge in [0.05, 0.1) is 0 Å². The number of rotatable bonds is 5. The summed E-state index contributed by atoms with van der Waals surface area (Å²) in [5.41, 5.74) is -0.876. The monoisotopic (exact) mass is 508 g/mol. The SMILES string of the molecule is O=C(C[C@@H]1c2ccc(F)cc2[C@]2(O)C(=O)c3cc(F)ccc3[C@@H]2[C@H]1C(=O)c1ccccc1)c1ccccc1. The van der Waals surface area contributed by atoms with Crippen LogP contribution in [0, 0.1) is 17.6 Å². The van der Waals surface area contributed by atoms with E-state index in [1.54, 1.807) is 60.7 Å². The van der Waals surface area contributed by atoms with E-state index in [2.05, 4.69) is 0 Å². The Kier molecular flexibility index (Phi) is 5.65. The van der Waals surface area contributed by atoms with Gasteiger partial charge in [0.25, 0.3) is 0 Å². The van der Waals surface area contributed by atoms with Crippen molar-refractivity contribution in [2.24, 2.45) is 5.92 Å². The molecule has 0 unspecified atom stereocenters. The summed E-state index contributed by atoms with van der Waals surface area (Å²) in [4.78, 5) is 41.4. The molecule has 0 spiro atoms. The summed E-state index contributed by atoms with van der Waals surface area (Å²) in [5.74, 6) is -5.69. The Hall–Kier alpha value is -4.29. The van der Waals surface area contributed by atoms with Crippen LogP contribution in [-0.4, -0.2) is 22.5 Å². The van der Waals surface area contributed by atoms with Crippen LogP contribution in [0.15, 0.2) is 97.1 Å². The molecule has 6 rings (SSSR count). The minimum atomic E-state index is -2.30. The highest BCUT2D eigenvalue weighted by atomic mass is 19.1. The molecule has 4 aromatic rings. The molecule has 0 bridgehead atoms. The summed E-state index contributed by atoms with van der Waals surface area (Å²) in [6.07, 6.45) is -0.108. The van der Waals surface area contributed by atoms with Crippen molar-refractivity contribution in [3.8, 4) is 0 Å². The molecule has 0 amide bonds. The molecule has 38 heavy (non-hydrogen) atoms. The largest absolute Gasteiger partial charge is 0.376 e. The summed E-state index contributed by atoms with van der Waals surface area (Å²) in [5, 5.41) is 12.1. The summed E-state index contributed by atoms with van der Waals surface area (Å²) in [6.45, 7) is 0. The maximum atomic E-state index is 14.6. The highest BCUT2D eigenvalue weighted by Crippen LogP contribution is 2.60. The van der Waals surface area contributed by atoms with Gasteiger partial charge in [-0.3, -0.25) is 14.4 Å². The average molecular weight is 509 g/mol. The molecule has 0 saturated heterocycles. The topological polar surface area (TPSA) is 71.4 Å². The smallest absolute Gasteiger partial charge is 0.199 e. The van der Waals surface area contributed by atoms with Crippen LogP contribution in [0.2, 0.25) is 0 Å². The number of ketones is 3. The number of benzene rings is 4. The lowest BCUT2D eigenvalue weighted by Gasteiger charge is -2.45. The van der Waals surface area contributed by atoms with Crippen LogP contribution in [0.25, 0.3) is 0 Å². The van der Waals surface area contributed by atoms with E-state index in [9.17, 15) is 28.3 Å². The molecule has 0 fully saturated rings. The van der Waals surface area contributed by atoms with Gasteiger partial charge in [0.15, 0.2) is 23.0 Å². The van der Waals surface area contributed by atoms with Crippen LogP contribution in [0.4, 0.5) is 8.78 Å². The molecule has 0 aromatic heterocycles. The van der Waals surface area contributed by atoms with Crippen molar-refractivity contribution in [3.63, 3.8) is 0 Å². The van der Waals surface area contributed by atoms with Crippen LogP contribution < -0.4 is 0 Å². The van der Waals surface area contributed by atoms with Gasteiger partial charge in [-0.2, -0.15) is 0 Å². The zero-order valence-corrected chi connectivity index (χ0v) is 20.1. The van der Waals surface area contributed by atoms with Crippen molar-refractivity contribution in [3.05, 3.63) is 142 Å². The molecule has 2 aliphatic rings. The summed E-state index contributed by atoms with van der Waals surface area (Å²) in [6, 6.07) is 24.4. The summed E-state index contributed by atoms with van der Waals surface area (Å²) in [7, 11) is 0. The van der Waals surface area contributed by atoms with Gasteiger partial charge in [-0.25, -0.2) is 8.78 Å². The first-order valence-corrected chi connectivity index (χ1v) is 12.3. The fourth-order valence-corrected chi connectivity index (χ4v) is 6.23. The molecule has 188 valence electrons. The molecule has 2 aliphatic carbocycles. The van der Waals surface area contributed by atoms with Gasteiger partial charge in [0.1, 0.15) is 11.6 Å². The number of halogens is 2. The van der Waals surface area contributed by atoms with Gasteiger partial charge < -0.3 is 5.11 Å². The molecule has 1 N–H and O–H groups in total. The third-order valence-corrected chi connectivity index (χ3v) is 7.87. The minimum absolute atomic E-state index is 0.00656. The highest BCUT2D eigenvalue weighted by molar-refractivity contribution is 6.11. The van der Waals surface area contributed by atoms with Crippen molar-refractivity contribution in [1.29, 1.82) is 0 Å². The van der Waals surface area contributed by atoms with E-state index in [1.807, 2.05) is 0 Å². The molecule has 0 saturated carbocycles. The number of carbonyl (C=O) groups is 3. The number of aliphatic hydroxyl groups is 1. The second kappa shape index (κ2) is 8.92. The zero-order valence-electron chi connectivity index (χ0n) is 20.1. The van der Waals surface area contributed by atoms with E-state index in [0.717, 1.165) is 12.1 Å². The second-order valence-electron chi connectivity index (χ2n) is 9.89.